The van der Waals surface area contributed by atoms with Crippen molar-refractivity contribution < 1.29 is 22.8 Å². The molecule has 1 saturated heterocycles. The number of hydrogen-bond donors (Lipinski definition) is 1. The number of hydrogen-bond acceptors (Lipinski definition) is 3. The fourth-order valence-corrected chi connectivity index (χ4v) is 1.92. The molecule has 1 aliphatic heterocycles. The first-order chi connectivity index (χ1) is 7.58. The van der Waals surface area contributed by atoms with Gasteiger partial charge in [-0.1, -0.05) is 13.8 Å². The van der Waals surface area contributed by atoms with Crippen LogP contribution in [-0.2, 0) is 9.59 Å². The van der Waals surface area contributed by atoms with Crippen LogP contribution in [0.2, 0.25) is 0 Å². The zero-order valence-corrected chi connectivity index (χ0v) is 9.67. The number of imide groups is 1. The zero-order chi connectivity index (χ0) is 13.4. The molecule has 1 unspecified atom stereocenters. The highest BCUT2D eigenvalue weighted by Crippen LogP contribution is 2.35. The maximum Gasteiger partial charge on any atom is 0.410 e. The summed E-state index contributed by atoms with van der Waals surface area (Å²) in [5.74, 6) is -1.61. The topological polar surface area (TPSA) is 63.4 Å². The fraction of sp³-hybridized carbons (Fsp3) is 0.800. The second-order valence-corrected chi connectivity index (χ2v) is 4.97. The second-order valence-electron chi connectivity index (χ2n) is 4.97. The summed E-state index contributed by atoms with van der Waals surface area (Å²) in [7, 11) is 0. The van der Waals surface area contributed by atoms with Crippen molar-refractivity contribution in [3.05, 3.63) is 0 Å². The van der Waals surface area contributed by atoms with Gasteiger partial charge in [0.05, 0.1) is 0 Å². The van der Waals surface area contributed by atoms with Gasteiger partial charge in [0, 0.05) is 19.4 Å². The lowest BCUT2D eigenvalue weighted by Gasteiger charge is -2.39. The van der Waals surface area contributed by atoms with Gasteiger partial charge in [-0.25, -0.2) is 0 Å². The van der Waals surface area contributed by atoms with Crippen LogP contribution in [0.15, 0.2) is 0 Å². The van der Waals surface area contributed by atoms with E-state index < -0.39 is 36.0 Å². The Morgan fingerprint density at radius 2 is 1.71 bits per heavy atom. The molecule has 2 amide bonds. The SMILES string of the molecule is CC1(C)CC(=O)N(C(CN)C(F)(F)F)C(=O)C1. The lowest BCUT2D eigenvalue weighted by molar-refractivity contribution is -0.196. The van der Waals surface area contributed by atoms with Crippen molar-refractivity contribution >= 4 is 11.8 Å². The van der Waals surface area contributed by atoms with Gasteiger partial charge >= 0.3 is 6.18 Å². The van der Waals surface area contributed by atoms with Crippen LogP contribution < -0.4 is 5.73 Å². The van der Waals surface area contributed by atoms with Crippen molar-refractivity contribution in [2.75, 3.05) is 6.54 Å². The van der Waals surface area contributed by atoms with Crippen molar-refractivity contribution in [1.29, 1.82) is 0 Å². The average molecular weight is 252 g/mol. The molecule has 0 radical (unpaired) electrons. The summed E-state index contributed by atoms with van der Waals surface area (Å²) in [6.07, 6.45) is -4.84. The third-order valence-electron chi connectivity index (χ3n) is 2.71. The number of carbonyl (C=O) groups excluding carboxylic acids is 2. The number of nitrogens with two attached hydrogens (primary N) is 1. The number of nitrogens with zero attached hydrogens (tertiary/aromatic N) is 1. The summed E-state index contributed by atoms with van der Waals surface area (Å²) in [6, 6.07) is -2.21. The molecule has 17 heavy (non-hydrogen) atoms. The van der Waals surface area contributed by atoms with Gasteiger partial charge in [0.15, 0.2) is 0 Å². The van der Waals surface area contributed by atoms with E-state index in [1.165, 1.54) is 0 Å². The Bertz CT molecular complexity index is 319. The van der Waals surface area contributed by atoms with Crippen LogP contribution in [0.25, 0.3) is 0 Å². The number of piperidine rings is 1. The van der Waals surface area contributed by atoms with E-state index in [1.54, 1.807) is 13.8 Å². The summed E-state index contributed by atoms with van der Waals surface area (Å²) in [6.45, 7) is 2.54. The van der Waals surface area contributed by atoms with E-state index in [4.69, 9.17) is 5.73 Å². The molecule has 0 aliphatic carbocycles. The third-order valence-corrected chi connectivity index (χ3v) is 2.71. The van der Waals surface area contributed by atoms with E-state index in [9.17, 15) is 22.8 Å². The zero-order valence-electron chi connectivity index (χ0n) is 9.67. The molecule has 1 rings (SSSR count). The van der Waals surface area contributed by atoms with Crippen LogP contribution in [-0.4, -0.2) is 35.5 Å². The highest BCUT2D eigenvalue weighted by molar-refractivity contribution is 5.98. The predicted octanol–water partition coefficient (Wildman–Crippen LogP) is 1.05. The summed E-state index contributed by atoms with van der Waals surface area (Å²) >= 11 is 0. The quantitative estimate of drug-likeness (QED) is 0.747. The molecule has 7 heteroatoms. The highest BCUT2D eigenvalue weighted by Gasteiger charge is 2.50. The Kier molecular flexibility index (Phi) is 3.52. The van der Waals surface area contributed by atoms with Gasteiger partial charge in [-0.2, -0.15) is 13.2 Å². The minimum atomic E-state index is -4.68. The monoisotopic (exact) mass is 252 g/mol. The predicted molar refractivity (Wildman–Crippen MR) is 53.8 cm³/mol. The van der Waals surface area contributed by atoms with E-state index >= 15 is 0 Å². The number of halogens is 3. The van der Waals surface area contributed by atoms with Crippen LogP contribution in [0.3, 0.4) is 0 Å². The van der Waals surface area contributed by atoms with Gasteiger partial charge in [-0.3, -0.25) is 14.5 Å². The molecule has 0 bridgehead atoms. The molecule has 1 aliphatic rings. The summed E-state index contributed by atoms with van der Waals surface area (Å²) in [4.78, 5) is 23.5. The maximum absolute atomic E-state index is 12.6. The van der Waals surface area contributed by atoms with Gasteiger partial charge < -0.3 is 5.73 Å². The average Bonchev–Trinajstić information content (AvgIpc) is 2.06. The molecule has 1 atom stereocenters. The van der Waals surface area contributed by atoms with Crippen LogP contribution in [0, 0.1) is 5.41 Å². The minimum absolute atomic E-state index is 0.0781. The Morgan fingerprint density at radius 3 is 2.00 bits per heavy atom. The number of likely N-dealkylation sites (tertiary alicyclic amines) is 1. The van der Waals surface area contributed by atoms with E-state index in [-0.39, 0.29) is 17.7 Å². The Morgan fingerprint density at radius 1 is 1.29 bits per heavy atom. The Hall–Kier alpha value is -1.11. The molecule has 0 spiro atoms. The van der Waals surface area contributed by atoms with Crippen molar-refractivity contribution in [2.45, 2.75) is 38.9 Å². The number of amides is 2. The summed E-state index contributed by atoms with van der Waals surface area (Å²) in [5.41, 5.74) is 4.43. The molecule has 4 nitrogen and oxygen atoms in total. The van der Waals surface area contributed by atoms with Gasteiger partial charge in [0.25, 0.3) is 0 Å². The van der Waals surface area contributed by atoms with Crippen LogP contribution >= 0.6 is 0 Å². The smallest absolute Gasteiger partial charge is 0.328 e. The van der Waals surface area contributed by atoms with Crippen LogP contribution in [0.1, 0.15) is 26.7 Å². The molecule has 0 aromatic rings. The van der Waals surface area contributed by atoms with Crippen molar-refractivity contribution in [2.24, 2.45) is 11.1 Å². The number of alkyl halides is 3. The van der Waals surface area contributed by atoms with Crippen molar-refractivity contribution in [1.82, 2.24) is 4.90 Å². The largest absolute Gasteiger partial charge is 0.410 e. The van der Waals surface area contributed by atoms with E-state index in [1.807, 2.05) is 0 Å². The molecule has 1 fully saturated rings. The molecule has 1 heterocycles. The standard InChI is InChI=1S/C10H15F3N2O2/c1-9(2)3-7(16)15(8(17)4-9)6(5-14)10(11,12)13/h6H,3-5,14H2,1-2H3. The Balaban J connectivity index is 2.98. The first-order valence-corrected chi connectivity index (χ1v) is 5.20. The lowest BCUT2D eigenvalue weighted by Crippen LogP contribution is -2.58. The van der Waals surface area contributed by atoms with Gasteiger partial charge in [-0.15, -0.1) is 0 Å². The molecule has 2 N–H and O–H groups in total. The summed E-state index contributed by atoms with van der Waals surface area (Å²) in [5, 5.41) is 0. The minimum Gasteiger partial charge on any atom is -0.328 e. The van der Waals surface area contributed by atoms with Gasteiger partial charge in [-0.05, 0) is 5.41 Å². The van der Waals surface area contributed by atoms with Crippen molar-refractivity contribution in [3.63, 3.8) is 0 Å². The van der Waals surface area contributed by atoms with Crippen LogP contribution in [0.5, 0.6) is 0 Å². The maximum atomic E-state index is 12.6. The Labute approximate surface area is 96.9 Å². The molecular formula is C10H15F3N2O2. The van der Waals surface area contributed by atoms with E-state index in [0.29, 0.717) is 0 Å². The first kappa shape index (κ1) is 14.0. The van der Waals surface area contributed by atoms with Gasteiger partial charge in [0.2, 0.25) is 11.8 Å². The third kappa shape index (κ3) is 2.96. The number of rotatable bonds is 2. The van der Waals surface area contributed by atoms with Gasteiger partial charge in [0.1, 0.15) is 6.04 Å². The second kappa shape index (κ2) is 4.29. The van der Waals surface area contributed by atoms with Crippen molar-refractivity contribution in [3.8, 4) is 0 Å². The molecule has 0 aromatic carbocycles. The first-order valence-electron chi connectivity index (χ1n) is 5.20. The van der Waals surface area contributed by atoms with E-state index in [2.05, 4.69) is 0 Å². The molecule has 0 saturated carbocycles. The highest BCUT2D eigenvalue weighted by atomic mass is 19.4. The lowest BCUT2D eigenvalue weighted by atomic mass is 9.81. The van der Waals surface area contributed by atoms with E-state index in [0.717, 1.165) is 0 Å². The fourth-order valence-electron chi connectivity index (χ4n) is 1.92. The normalized spacial score (nSPS) is 22.8. The molecule has 98 valence electrons. The molecule has 0 aromatic heterocycles. The molecular weight excluding hydrogens is 237 g/mol. The summed E-state index contributed by atoms with van der Waals surface area (Å²) < 4.78 is 37.9. The van der Waals surface area contributed by atoms with Crippen LogP contribution in [0.4, 0.5) is 13.2 Å². The number of carbonyl (C=O) groups is 2.